The van der Waals surface area contributed by atoms with Crippen molar-refractivity contribution in [3.05, 3.63) is 101 Å². The lowest BCUT2D eigenvalue weighted by molar-refractivity contribution is 0.0935. The molecule has 0 saturated heterocycles. The SMILES string of the molecule is CC(NC(=O)c1cc(C(=O)NCCc2ccc(F)cc2)ccn1)c1ccccc1. The smallest absolute Gasteiger partial charge is 0.270 e. The monoisotopic (exact) mass is 391 g/mol. The van der Waals surface area contributed by atoms with Crippen LogP contribution in [-0.4, -0.2) is 23.3 Å². The first-order chi connectivity index (χ1) is 14.0. The molecule has 2 aromatic carbocycles. The van der Waals surface area contributed by atoms with Gasteiger partial charge in [0.25, 0.3) is 11.8 Å². The molecule has 3 aromatic rings. The van der Waals surface area contributed by atoms with Gasteiger partial charge in [-0.05, 0) is 48.7 Å². The van der Waals surface area contributed by atoms with Crippen LogP contribution in [0.4, 0.5) is 4.39 Å². The second-order valence-electron chi connectivity index (χ2n) is 6.67. The Labute approximate surface area is 169 Å². The average Bonchev–Trinajstić information content (AvgIpc) is 2.75. The minimum Gasteiger partial charge on any atom is -0.352 e. The molecule has 0 saturated carbocycles. The van der Waals surface area contributed by atoms with E-state index in [1.807, 2.05) is 37.3 Å². The fourth-order valence-electron chi connectivity index (χ4n) is 2.87. The number of pyridine rings is 1. The van der Waals surface area contributed by atoms with Crippen molar-refractivity contribution in [3.8, 4) is 0 Å². The van der Waals surface area contributed by atoms with Crippen molar-refractivity contribution in [3.63, 3.8) is 0 Å². The van der Waals surface area contributed by atoms with Gasteiger partial charge in [0, 0.05) is 18.3 Å². The summed E-state index contributed by atoms with van der Waals surface area (Å²) in [4.78, 5) is 28.9. The fourth-order valence-corrected chi connectivity index (χ4v) is 2.87. The molecule has 0 aliphatic heterocycles. The molecule has 148 valence electrons. The van der Waals surface area contributed by atoms with E-state index in [0.717, 1.165) is 11.1 Å². The van der Waals surface area contributed by atoms with Crippen LogP contribution in [0.2, 0.25) is 0 Å². The van der Waals surface area contributed by atoms with E-state index in [1.165, 1.54) is 24.4 Å². The Kier molecular flexibility index (Phi) is 6.68. The van der Waals surface area contributed by atoms with Gasteiger partial charge in [-0.3, -0.25) is 14.6 Å². The number of benzene rings is 2. The van der Waals surface area contributed by atoms with Gasteiger partial charge < -0.3 is 10.6 Å². The van der Waals surface area contributed by atoms with Gasteiger partial charge in [0.1, 0.15) is 11.5 Å². The van der Waals surface area contributed by atoms with Crippen LogP contribution < -0.4 is 10.6 Å². The molecule has 1 atom stereocenters. The first-order valence-corrected chi connectivity index (χ1v) is 9.37. The first-order valence-electron chi connectivity index (χ1n) is 9.37. The van der Waals surface area contributed by atoms with Crippen molar-refractivity contribution in [2.24, 2.45) is 0 Å². The number of nitrogens with one attached hydrogen (secondary N) is 2. The molecule has 0 radical (unpaired) electrons. The van der Waals surface area contributed by atoms with Crippen LogP contribution in [0, 0.1) is 5.82 Å². The molecular weight excluding hydrogens is 369 g/mol. The van der Waals surface area contributed by atoms with Gasteiger partial charge in [-0.2, -0.15) is 0 Å². The molecule has 1 heterocycles. The number of nitrogens with zero attached hydrogens (tertiary/aromatic N) is 1. The molecule has 0 spiro atoms. The molecule has 2 N–H and O–H groups in total. The summed E-state index contributed by atoms with van der Waals surface area (Å²) in [7, 11) is 0. The van der Waals surface area contributed by atoms with Crippen LogP contribution in [0.5, 0.6) is 0 Å². The lowest BCUT2D eigenvalue weighted by Crippen LogP contribution is -2.29. The number of aromatic nitrogens is 1. The van der Waals surface area contributed by atoms with E-state index in [-0.39, 0.29) is 29.4 Å². The van der Waals surface area contributed by atoms with Crippen LogP contribution in [0.15, 0.2) is 72.9 Å². The maximum Gasteiger partial charge on any atom is 0.270 e. The van der Waals surface area contributed by atoms with E-state index in [1.54, 1.807) is 18.2 Å². The largest absolute Gasteiger partial charge is 0.352 e. The molecule has 0 aliphatic rings. The molecule has 3 rings (SSSR count). The van der Waals surface area contributed by atoms with Gasteiger partial charge in [-0.25, -0.2) is 4.39 Å². The number of hydrogen-bond donors (Lipinski definition) is 2. The highest BCUT2D eigenvalue weighted by Crippen LogP contribution is 2.12. The highest BCUT2D eigenvalue weighted by Gasteiger charge is 2.14. The predicted octanol–water partition coefficient (Wildman–Crippen LogP) is 3.68. The van der Waals surface area contributed by atoms with E-state index >= 15 is 0 Å². The predicted molar refractivity (Wildman–Crippen MR) is 109 cm³/mol. The third kappa shape index (κ3) is 5.72. The van der Waals surface area contributed by atoms with Crippen molar-refractivity contribution >= 4 is 11.8 Å². The van der Waals surface area contributed by atoms with Crippen LogP contribution in [0.25, 0.3) is 0 Å². The Morgan fingerprint density at radius 1 is 1.00 bits per heavy atom. The summed E-state index contributed by atoms with van der Waals surface area (Å²) in [6.07, 6.45) is 2.02. The van der Waals surface area contributed by atoms with Crippen molar-refractivity contribution in [2.45, 2.75) is 19.4 Å². The van der Waals surface area contributed by atoms with Gasteiger partial charge in [0.05, 0.1) is 6.04 Å². The summed E-state index contributed by atoms with van der Waals surface area (Å²) >= 11 is 0. The van der Waals surface area contributed by atoms with Crippen molar-refractivity contribution in [1.82, 2.24) is 15.6 Å². The molecule has 2 amide bonds. The van der Waals surface area contributed by atoms with Crippen LogP contribution in [-0.2, 0) is 6.42 Å². The minimum absolute atomic E-state index is 0.180. The second-order valence-corrected chi connectivity index (χ2v) is 6.67. The fraction of sp³-hybridized carbons (Fsp3) is 0.174. The minimum atomic E-state index is -0.345. The molecule has 0 bridgehead atoms. The Hall–Kier alpha value is -3.54. The van der Waals surface area contributed by atoms with Gasteiger partial charge in [-0.1, -0.05) is 42.5 Å². The number of halogens is 1. The van der Waals surface area contributed by atoms with Crippen LogP contribution in [0.3, 0.4) is 0 Å². The van der Waals surface area contributed by atoms with Crippen LogP contribution >= 0.6 is 0 Å². The summed E-state index contributed by atoms with van der Waals surface area (Å²) in [6, 6.07) is 18.6. The zero-order chi connectivity index (χ0) is 20.6. The summed E-state index contributed by atoms with van der Waals surface area (Å²) in [5.74, 6) is -0.927. The highest BCUT2D eigenvalue weighted by molar-refractivity contribution is 5.98. The summed E-state index contributed by atoms with van der Waals surface area (Å²) < 4.78 is 12.9. The molecule has 1 aromatic heterocycles. The molecular formula is C23H22FN3O2. The lowest BCUT2D eigenvalue weighted by Gasteiger charge is -2.14. The quantitative estimate of drug-likeness (QED) is 0.645. The maximum absolute atomic E-state index is 12.9. The molecule has 29 heavy (non-hydrogen) atoms. The molecule has 1 unspecified atom stereocenters. The zero-order valence-electron chi connectivity index (χ0n) is 16.1. The molecule has 0 fully saturated rings. The number of carbonyl (C=O) groups is 2. The number of carbonyl (C=O) groups excluding carboxylic acids is 2. The number of rotatable bonds is 7. The zero-order valence-corrected chi connectivity index (χ0v) is 16.1. The van der Waals surface area contributed by atoms with Gasteiger partial charge in [0.2, 0.25) is 0 Å². The van der Waals surface area contributed by atoms with Gasteiger partial charge in [0.15, 0.2) is 0 Å². The van der Waals surface area contributed by atoms with E-state index in [9.17, 15) is 14.0 Å². The summed E-state index contributed by atoms with van der Waals surface area (Å²) in [5.41, 5.74) is 2.45. The van der Waals surface area contributed by atoms with Crippen molar-refractivity contribution < 1.29 is 14.0 Å². The van der Waals surface area contributed by atoms with E-state index in [2.05, 4.69) is 15.6 Å². The molecule has 0 aliphatic carbocycles. The Morgan fingerprint density at radius 2 is 1.72 bits per heavy atom. The van der Waals surface area contributed by atoms with Crippen molar-refractivity contribution in [2.75, 3.05) is 6.54 Å². The summed E-state index contributed by atoms with van der Waals surface area (Å²) in [5, 5.41) is 5.69. The molecule has 5 nitrogen and oxygen atoms in total. The summed E-state index contributed by atoms with van der Waals surface area (Å²) in [6.45, 7) is 2.29. The van der Waals surface area contributed by atoms with E-state index in [0.29, 0.717) is 18.5 Å². The van der Waals surface area contributed by atoms with Crippen molar-refractivity contribution in [1.29, 1.82) is 0 Å². The molecule has 6 heteroatoms. The second kappa shape index (κ2) is 9.59. The van der Waals surface area contributed by atoms with E-state index in [4.69, 9.17) is 0 Å². The van der Waals surface area contributed by atoms with Gasteiger partial charge in [-0.15, -0.1) is 0 Å². The maximum atomic E-state index is 12.9. The average molecular weight is 391 g/mol. The Balaban J connectivity index is 1.57. The Morgan fingerprint density at radius 3 is 2.45 bits per heavy atom. The Bertz CT molecular complexity index is 975. The third-order valence-electron chi connectivity index (χ3n) is 4.51. The topological polar surface area (TPSA) is 71.1 Å². The van der Waals surface area contributed by atoms with Gasteiger partial charge >= 0.3 is 0 Å². The number of hydrogen-bond acceptors (Lipinski definition) is 3. The first kappa shape index (κ1) is 20.2. The third-order valence-corrected chi connectivity index (χ3v) is 4.51. The van der Waals surface area contributed by atoms with E-state index < -0.39 is 0 Å². The number of amides is 2. The van der Waals surface area contributed by atoms with Crippen LogP contribution in [0.1, 0.15) is 44.9 Å². The lowest BCUT2D eigenvalue weighted by atomic mass is 10.1. The highest BCUT2D eigenvalue weighted by atomic mass is 19.1. The standard InChI is InChI=1S/C23H22FN3O2/c1-16(18-5-3-2-4-6-18)27-23(29)21-15-19(12-14-25-21)22(28)26-13-11-17-7-9-20(24)10-8-17/h2-10,12,14-16H,11,13H2,1H3,(H,26,28)(H,27,29). The normalized spacial score (nSPS) is 11.5.